The van der Waals surface area contributed by atoms with Gasteiger partial charge in [-0.1, -0.05) is 0 Å². The molecule has 0 saturated carbocycles. The molecule has 3 rings (SSSR count). The molecule has 0 radical (unpaired) electrons. The third-order valence-corrected chi connectivity index (χ3v) is 2.57. The van der Waals surface area contributed by atoms with Gasteiger partial charge in [-0.15, -0.1) is 0 Å². The molecule has 0 aliphatic carbocycles. The van der Waals surface area contributed by atoms with Crippen LogP contribution in [0.15, 0.2) is 17.3 Å². The van der Waals surface area contributed by atoms with Crippen LogP contribution in [0.1, 0.15) is 5.69 Å². The van der Waals surface area contributed by atoms with Crippen molar-refractivity contribution < 1.29 is 0 Å². The number of nitrogens with one attached hydrogen (secondary N) is 1. The van der Waals surface area contributed by atoms with Crippen LogP contribution >= 0.6 is 0 Å². The van der Waals surface area contributed by atoms with Gasteiger partial charge in [0.2, 0.25) is 5.78 Å². The van der Waals surface area contributed by atoms with Gasteiger partial charge in [-0.2, -0.15) is 0 Å². The fourth-order valence-corrected chi connectivity index (χ4v) is 1.82. The van der Waals surface area contributed by atoms with Gasteiger partial charge in [-0.25, -0.2) is 14.4 Å². The molecular formula is C9H9N5O. The van der Waals surface area contributed by atoms with Crippen LogP contribution in [0, 0.1) is 6.92 Å². The van der Waals surface area contributed by atoms with Gasteiger partial charge in [0.1, 0.15) is 5.52 Å². The molecule has 0 bridgehead atoms. The van der Waals surface area contributed by atoms with Gasteiger partial charge in [-0.3, -0.25) is 9.36 Å². The summed E-state index contributed by atoms with van der Waals surface area (Å²) >= 11 is 0. The first-order valence-corrected chi connectivity index (χ1v) is 4.56. The van der Waals surface area contributed by atoms with E-state index in [-0.39, 0.29) is 5.56 Å². The molecular weight excluding hydrogens is 194 g/mol. The van der Waals surface area contributed by atoms with Crippen LogP contribution < -0.4 is 5.56 Å². The molecule has 6 nitrogen and oxygen atoms in total. The van der Waals surface area contributed by atoms with Crippen LogP contribution in [0.25, 0.3) is 16.9 Å². The van der Waals surface area contributed by atoms with E-state index in [0.29, 0.717) is 16.9 Å². The number of imidazole rings is 2. The molecule has 0 spiro atoms. The first kappa shape index (κ1) is 8.22. The standard InChI is InChI=1S/C9H9N5O/c1-5-3-10-9-13(2)7-6(11-4-12-7)8(15)14(5)9/h3-4H,1-2H3,(H,11,12). The molecule has 3 heterocycles. The number of hydrogen-bond acceptors (Lipinski definition) is 3. The quantitative estimate of drug-likeness (QED) is 0.568. The predicted octanol–water partition coefficient (Wildman–Crippen LogP) is 0.218. The molecule has 0 unspecified atom stereocenters. The Hall–Kier alpha value is -2.11. The molecule has 3 aromatic heterocycles. The van der Waals surface area contributed by atoms with Gasteiger partial charge in [-0.05, 0) is 6.92 Å². The number of aryl methyl sites for hydroxylation is 2. The van der Waals surface area contributed by atoms with E-state index in [4.69, 9.17) is 0 Å². The van der Waals surface area contributed by atoms with Crippen LogP contribution in [0.4, 0.5) is 0 Å². The van der Waals surface area contributed by atoms with Crippen molar-refractivity contribution in [3.8, 4) is 0 Å². The molecule has 1 N–H and O–H groups in total. The summed E-state index contributed by atoms with van der Waals surface area (Å²) in [6.07, 6.45) is 3.19. The highest BCUT2D eigenvalue weighted by molar-refractivity contribution is 5.72. The van der Waals surface area contributed by atoms with Crippen LogP contribution in [0.5, 0.6) is 0 Å². The van der Waals surface area contributed by atoms with E-state index >= 15 is 0 Å². The number of hydrogen-bond donors (Lipinski definition) is 1. The van der Waals surface area contributed by atoms with Gasteiger partial charge in [0.15, 0.2) is 5.65 Å². The van der Waals surface area contributed by atoms with Crippen LogP contribution in [0.3, 0.4) is 0 Å². The average Bonchev–Trinajstić information content (AvgIpc) is 2.80. The highest BCUT2D eigenvalue weighted by atomic mass is 16.1. The fraction of sp³-hybridized carbons (Fsp3) is 0.222. The average molecular weight is 203 g/mol. The second kappa shape index (κ2) is 2.47. The zero-order valence-electron chi connectivity index (χ0n) is 8.35. The Labute approximate surface area is 84.2 Å². The SMILES string of the molecule is Cc1cnc2n(C)c3nc[nH]c3c(=O)n12. The first-order chi connectivity index (χ1) is 7.20. The lowest BCUT2D eigenvalue weighted by Gasteiger charge is -2.02. The maximum absolute atomic E-state index is 12.0. The van der Waals surface area contributed by atoms with Crippen molar-refractivity contribution in [2.75, 3.05) is 0 Å². The summed E-state index contributed by atoms with van der Waals surface area (Å²) in [5, 5.41) is 0. The first-order valence-electron chi connectivity index (χ1n) is 4.56. The van der Waals surface area contributed by atoms with Crippen molar-refractivity contribution in [3.63, 3.8) is 0 Å². The van der Waals surface area contributed by atoms with Crippen molar-refractivity contribution in [1.82, 2.24) is 23.9 Å². The molecule has 76 valence electrons. The maximum Gasteiger partial charge on any atom is 0.285 e. The number of nitrogens with zero attached hydrogens (tertiary/aromatic N) is 4. The van der Waals surface area contributed by atoms with E-state index in [2.05, 4.69) is 15.0 Å². The Kier molecular flexibility index (Phi) is 1.35. The summed E-state index contributed by atoms with van der Waals surface area (Å²) in [7, 11) is 1.84. The molecule has 0 atom stereocenters. The lowest BCUT2D eigenvalue weighted by atomic mass is 10.5. The summed E-state index contributed by atoms with van der Waals surface area (Å²) < 4.78 is 3.36. The third-order valence-electron chi connectivity index (χ3n) is 2.57. The van der Waals surface area contributed by atoms with Gasteiger partial charge in [0.05, 0.1) is 12.5 Å². The highest BCUT2D eigenvalue weighted by Gasteiger charge is 2.12. The lowest BCUT2D eigenvalue weighted by Crippen LogP contribution is -2.18. The summed E-state index contributed by atoms with van der Waals surface area (Å²) in [6, 6.07) is 0. The molecule has 0 aliphatic heterocycles. The highest BCUT2D eigenvalue weighted by Crippen LogP contribution is 2.08. The summed E-state index contributed by atoms with van der Waals surface area (Å²) in [5.74, 6) is 0.608. The summed E-state index contributed by atoms with van der Waals surface area (Å²) in [5.41, 5.74) is 1.84. The van der Waals surface area contributed by atoms with Gasteiger partial charge < -0.3 is 4.98 Å². The maximum atomic E-state index is 12.0. The van der Waals surface area contributed by atoms with E-state index in [0.717, 1.165) is 5.69 Å². The molecule has 0 fully saturated rings. The van der Waals surface area contributed by atoms with Gasteiger partial charge in [0.25, 0.3) is 5.56 Å². The van der Waals surface area contributed by atoms with Crippen molar-refractivity contribution in [2.24, 2.45) is 7.05 Å². The Balaban J connectivity index is 2.78. The van der Waals surface area contributed by atoms with Gasteiger partial charge in [0, 0.05) is 12.7 Å². The number of aromatic amines is 1. The molecule has 6 heteroatoms. The van der Waals surface area contributed by atoms with Crippen molar-refractivity contribution >= 4 is 16.9 Å². The number of aromatic nitrogens is 5. The molecule has 15 heavy (non-hydrogen) atoms. The molecule has 0 amide bonds. The number of rotatable bonds is 0. The zero-order chi connectivity index (χ0) is 10.6. The minimum absolute atomic E-state index is 0.106. The van der Waals surface area contributed by atoms with Crippen LogP contribution in [-0.4, -0.2) is 23.9 Å². The molecule has 0 aromatic carbocycles. The van der Waals surface area contributed by atoms with Crippen molar-refractivity contribution in [2.45, 2.75) is 6.92 Å². The largest absolute Gasteiger partial charge is 0.339 e. The Morgan fingerprint density at radius 1 is 1.40 bits per heavy atom. The normalized spacial score (nSPS) is 11.6. The van der Waals surface area contributed by atoms with E-state index < -0.39 is 0 Å². The van der Waals surface area contributed by atoms with Gasteiger partial charge >= 0.3 is 0 Å². The van der Waals surface area contributed by atoms with Crippen LogP contribution in [-0.2, 0) is 7.05 Å². The third kappa shape index (κ3) is 0.855. The number of fused-ring (bicyclic) bond motifs is 2. The monoisotopic (exact) mass is 203 g/mol. The Bertz CT molecular complexity index is 717. The fourth-order valence-electron chi connectivity index (χ4n) is 1.82. The lowest BCUT2D eigenvalue weighted by molar-refractivity contribution is 0.891. The molecule has 0 saturated heterocycles. The number of H-pyrrole nitrogens is 1. The van der Waals surface area contributed by atoms with Crippen molar-refractivity contribution in [1.29, 1.82) is 0 Å². The Morgan fingerprint density at radius 2 is 2.20 bits per heavy atom. The predicted molar refractivity (Wildman–Crippen MR) is 54.8 cm³/mol. The molecule has 0 aliphatic rings. The molecule has 3 aromatic rings. The van der Waals surface area contributed by atoms with Crippen LogP contribution in [0.2, 0.25) is 0 Å². The Morgan fingerprint density at radius 3 is 3.00 bits per heavy atom. The summed E-state index contributed by atoms with van der Waals surface area (Å²) in [6.45, 7) is 1.85. The smallest absolute Gasteiger partial charge is 0.285 e. The summed E-state index contributed by atoms with van der Waals surface area (Å²) in [4.78, 5) is 23.1. The second-order valence-electron chi connectivity index (χ2n) is 3.50. The zero-order valence-corrected chi connectivity index (χ0v) is 8.35. The van der Waals surface area contributed by atoms with Crippen molar-refractivity contribution in [3.05, 3.63) is 28.6 Å². The van der Waals surface area contributed by atoms with E-state index in [1.165, 1.54) is 6.33 Å². The van der Waals surface area contributed by atoms with E-state index in [1.807, 2.05) is 14.0 Å². The topological polar surface area (TPSA) is 68.0 Å². The van der Waals surface area contributed by atoms with E-state index in [9.17, 15) is 4.79 Å². The second-order valence-corrected chi connectivity index (χ2v) is 3.50. The minimum Gasteiger partial charge on any atom is -0.339 e. The minimum atomic E-state index is -0.106. The van der Waals surface area contributed by atoms with E-state index in [1.54, 1.807) is 15.2 Å².